The lowest BCUT2D eigenvalue weighted by atomic mass is 9.70. The Morgan fingerprint density at radius 3 is 2.41 bits per heavy atom. The Kier molecular flexibility index (Phi) is 4.97. The van der Waals surface area contributed by atoms with Crippen LogP contribution in [0.1, 0.15) is 50.8 Å². The molecule has 0 aromatic heterocycles. The Labute approximate surface area is 172 Å². The highest BCUT2D eigenvalue weighted by atomic mass is 16.5. The van der Waals surface area contributed by atoms with Crippen LogP contribution in [0.25, 0.3) is 0 Å². The number of benzene rings is 2. The van der Waals surface area contributed by atoms with E-state index < -0.39 is 5.54 Å². The van der Waals surface area contributed by atoms with Gasteiger partial charge in [0.25, 0.3) is 0 Å². The van der Waals surface area contributed by atoms with Gasteiger partial charge in [-0.3, -0.25) is 9.59 Å². The number of ketones is 1. The fourth-order valence-electron chi connectivity index (χ4n) is 5.44. The summed E-state index contributed by atoms with van der Waals surface area (Å²) in [6.45, 7) is 6.27. The number of ether oxygens (including phenoxy) is 1. The zero-order valence-corrected chi connectivity index (χ0v) is 17.6. The number of Topliss-reactive ketones (excluding diaryl/α,β-unsaturated/α-hetero) is 1. The molecule has 2 aromatic rings. The lowest BCUT2D eigenvalue weighted by Gasteiger charge is -2.42. The zero-order chi connectivity index (χ0) is 20.8. The molecule has 1 aliphatic carbocycles. The molecule has 0 spiro atoms. The van der Waals surface area contributed by atoms with E-state index in [2.05, 4.69) is 32.0 Å². The van der Waals surface area contributed by atoms with Crippen LogP contribution in [0.5, 0.6) is 5.75 Å². The second-order valence-corrected chi connectivity index (χ2v) is 8.97. The smallest absolute Gasteiger partial charge is 0.227 e. The third-order valence-corrected chi connectivity index (χ3v) is 6.81. The molecule has 1 saturated carbocycles. The second-order valence-electron chi connectivity index (χ2n) is 8.97. The molecule has 0 unspecified atom stereocenters. The normalized spacial score (nSPS) is 27.1. The van der Waals surface area contributed by atoms with Crippen molar-refractivity contribution < 1.29 is 14.3 Å². The average Bonchev–Trinajstić information content (AvgIpc) is 3.01. The lowest BCUT2D eigenvalue weighted by Crippen LogP contribution is -2.45. The van der Waals surface area contributed by atoms with Crippen LogP contribution in [0, 0.1) is 17.8 Å². The summed E-state index contributed by atoms with van der Waals surface area (Å²) in [7, 11) is 1.65. The van der Waals surface area contributed by atoms with Gasteiger partial charge >= 0.3 is 0 Å². The molecular weight excluding hydrogens is 362 g/mol. The topological polar surface area (TPSA) is 46.6 Å². The molecule has 2 fully saturated rings. The first kappa shape index (κ1) is 19.7. The summed E-state index contributed by atoms with van der Waals surface area (Å²) in [5.41, 5.74) is 1.64. The number of amides is 1. The van der Waals surface area contributed by atoms with Crippen LogP contribution < -0.4 is 4.74 Å². The number of likely N-dealkylation sites (tertiary alicyclic amines) is 1. The quantitative estimate of drug-likeness (QED) is 0.756. The summed E-state index contributed by atoms with van der Waals surface area (Å²) in [4.78, 5) is 28.3. The molecule has 4 rings (SSSR count). The molecule has 1 heterocycles. The van der Waals surface area contributed by atoms with Crippen LogP contribution in [0.2, 0.25) is 0 Å². The van der Waals surface area contributed by atoms with Gasteiger partial charge in [0.05, 0.1) is 18.7 Å². The lowest BCUT2D eigenvalue weighted by molar-refractivity contribution is -0.139. The van der Waals surface area contributed by atoms with Crippen molar-refractivity contribution in [3.8, 4) is 5.75 Å². The maximum Gasteiger partial charge on any atom is 0.227 e. The number of hydrogen-bond acceptors (Lipinski definition) is 3. The van der Waals surface area contributed by atoms with Crippen LogP contribution in [-0.2, 0) is 15.1 Å². The van der Waals surface area contributed by atoms with E-state index in [-0.39, 0.29) is 35.5 Å². The number of carbonyl (C=O) groups excluding carboxylic acids is 2. The Morgan fingerprint density at radius 1 is 1.00 bits per heavy atom. The van der Waals surface area contributed by atoms with Gasteiger partial charge in [-0.1, -0.05) is 49.4 Å². The summed E-state index contributed by atoms with van der Waals surface area (Å²) >= 11 is 0. The fraction of sp³-hybridized carbons (Fsp3) is 0.440. The van der Waals surface area contributed by atoms with Gasteiger partial charge in [-0.05, 0) is 43.0 Å². The van der Waals surface area contributed by atoms with Gasteiger partial charge in [-0.2, -0.15) is 0 Å². The van der Waals surface area contributed by atoms with Crippen molar-refractivity contribution in [1.29, 1.82) is 0 Å². The summed E-state index contributed by atoms with van der Waals surface area (Å²) < 4.78 is 5.45. The minimum atomic E-state index is -0.494. The van der Waals surface area contributed by atoms with Crippen LogP contribution in [0.4, 0.5) is 0 Å². The second kappa shape index (κ2) is 7.33. The molecule has 4 nitrogen and oxygen atoms in total. The molecule has 152 valence electrons. The molecule has 4 heteroatoms. The van der Waals surface area contributed by atoms with Crippen molar-refractivity contribution in [2.75, 3.05) is 7.11 Å². The van der Waals surface area contributed by atoms with E-state index >= 15 is 0 Å². The van der Waals surface area contributed by atoms with Crippen molar-refractivity contribution in [1.82, 2.24) is 4.90 Å². The number of rotatable bonds is 4. The molecule has 0 N–H and O–H groups in total. The fourth-order valence-corrected chi connectivity index (χ4v) is 5.44. The van der Waals surface area contributed by atoms with E-state index in [0.717, 1.165) is 16.9 Å². The summed E-state index contributed by atoms with van der Waals surface area (Å²) in [6.07, 6.45) is 0.960. The molecule has 0 bridgehead atoms. The number of nitrogens with zero attached hydrogens (tertiary/aromatic N) is 1. The number of fused-ring (bicyclic) bond motifs is 1. The molecule has 1 aliphatic heterocycles. The van der Waals surface area contributed by atoms with Crippen molar-refractivity contribution in [2.45, 2.75) is 45.2 Å². The van der Waals surface area contributed by atoms with Gasteiger partial charge in [0.2, 0.25) is 5.91 Å². The van der Waals surface area contributed by atoms with E-state index in [0.29, 0.717) is 12.8 Å². The average molecular weight is 392 g/mol. The predicted molar refractivity (Wildman–Crippen MR) is 112 cm³/mol. The predicted octanol–water partition coefficient (Wildman–Crippen LogP) is 4.75. The molecule has 29 heavy (non-hydrogen) atoms. The first-order valence-electron chi connectivity index (χ1n) is 10.4. The minimum absolute atomic E-state index is 0.00570. The van der Waals surface area contributed by atoms with Crippen LogP contribution in [-0.4, -0.2) is 23.7 Å². The van der Waals surface area contributed by atoms with Crippen LogP contribution in [0.3, 0.4) is 0 Å². The van der Waals surface area contributed by atoms with Gasteiger partial charge in [0.1, 0.15) is 11.5 Å². The van der Waals surface area contributed by atoms with E-state index in [1.165, 1.54) is 0 Å². The third-order valence-electron chi connectivity index (χ3n) is 6.81. The number of carbonyl (C=O) groups is 2. The first-order chi connectivity index (χ1) is 13.8. The minimum Gasteiger partial charge on any atom is -0.497 e. The van der Waals surface area contributed by atoms with E-state index in [9.17, 15) is 9.59 Å². The van der Waals surface area contributed by atoms with Crippen molar-refractivity contribution in [3.63, 3.8) is 0 Å². The van der Waals surface area contributed by atoms with Crippen molar-refractivity contribution >= 4 is 11.7 Å². The van der Waals surface area contributed by atoms with Crippen molar-refractivity contribution in [3.05, 3.63) is 65.7 Å². The Bertz CT molecular complexity index is 921. The largest absolute Gasteiger partial charge is 0.497 e. The molecule has 2 aromatic carbocycles. The molecule has 2 aliphatic rings. The monoisotopic (exact) mass is 391 g/mol. The SMILES string of the molecule is COc1cccc([C@@H]2[C@H]3CC(=O)C[C@H](C)[C@H]3C(=O)N2C(C)(C)c2ccccc2)c1. The molecule has 4 atom stereocenters. The summed E-state index contributed by atoms with van der Waals surface area (Å²) in [5, 5.41) is 0. The van der Waals surface area contributed by atoms with Gasteiger partial charge in [-0.15, -0.1) is 0 Å². The highest BCUT2D eigenvalue weighted by molar-refractivity contribution is 5.89. The molecule has 1 saturated heterocycles. The molecular formula is C25H29NO3. The summed E-state index contributed by atoms with van der Waals surface area (Å²) in [5.74, 6) is 1.14. The Balaban J connectivity index is 1.86. The van der Waals surface area contributed by atoms with Gasteiger partial charge in [-0.25, -0.2) is 0 Å². The van der Waals surface area contributed by atoms with Gasteiger partial charge in [0, 0.05) is 24.7 Å². The Hall–Kier alpha value is -2.62. The van der Waals surface area contributed by atoms with E-state index in [4.69, 9.17) is 4.74 Å². The maximum absolute atomic E-state index is 13.8. The van der Waals surface area contributed by atoms with E-state index in [1.807, 2.05) is 48.2 Å². The first-order valence-corrected chi connectivity index (χ1v) is 10.4. The van der Waals surface area contributed by atoms with Gasteiger partial charge in [0.15, 0.2) is 0 Å². The highest BCUT2D eigenvalue weighted by Gasteiger charge is 2.57. The highest BCUT2D eigenvalue weighted by Crippen LogP contribution is 2.54. The molecule has 0 radical (unpaired) electrons. The third kappa shape index (κ3) is 3.25. The number of hydrogen-bond donors (Lipinski definition) is 0. The molecule has 1 amide bonds. The maximum atomic E-state index is 13.8. The summed E-state index contributed by atoms with van der Waals surface area (Å²) in [6, 6.07) is 18.0. The Morgan fingerprint density at radius 2 is 1.72 bits per heavy atom. The standard InChI is InChI=1S/C25H29NO3/c1-16-13-19(27)15-21-22(16)24(28)26(25(2,3)18-10-6-5-7-11-18)23(21)17-9-8-12-20(14-17)29-4/h5-12,14,16,21-23H,13,15H2,1-4H3/t16-,21-,22+,23+/m0/s1. The number of methoxy groups -OCH3 is 1. The van der Waals surface area contributed by atoms with Crippen molar-refractivity contribution in [2.24, 2.45) is 17.8 Å². The van der Waals surface area contributed by atoms with E-state index in [1.54, 1.807) is 7.11 Å². The van der Waals surface area contributed by atoms with Crippen LogP contribution in [0.15, 0.2) is 54.6 Å². The zero-order valence-electron chi connectivity index (χ0n) is 17.6. The van der Waals surface area contributed by atoms with Gasteiger partial charge < -0.3 is 9.64 Å². The van der Waals surface area contributed by atoms with Crippen LogP contribution >= 0.6 is 0 Å².